The Labute approximate surface area is 141 Å². The zero-order chi connectivity index (χ0) is 16.4. The molecule has 7 heteroatoms. The standard InChI is InChI=1S/C16H28O6S/c17-8-11-13(18)14(19)15(20)16(22-11)23-12-7-3-6-10(12)21-9-4-1-2-5-9/h9-20H,1-8H2/t10?,11-,12?,13+,14+,15-,16+/m1/s1. The van der Waals surface area contributed by atoms with Crippen LogP contribution in [0.5, 0.6) is 0 Å². The predicted octanol–water partition coefficient (Wildman–Crippen LogP) is 0.400. The van der Waals surface area contributed by atoms with Crippen LogP contribution in [-0.4, -0.2) is 74.3 Å². The molecule has 1 aliphatic heterocycles. The van der Waals surface area contributed by atoms with Crippen molar-refractivity contribution in [3.63, 3.8) is 0 Å². The third-order valence-corrected chi connectivity index (χ3v) is 6.77. The van der Waals surface area contributed by atoms with Crippen LogP contribution >= 0.6 is 11.8 Å². The van der Waals surface area contributed by atoms with Gasteiger partial charge in [-0.05, 0) is 32.1 Å². The third kappa shape index (κ3) is 4.03. The van der Waals surface area contributed by atoms with E-state index in [0.29, 0.717) is 6.10 Å². The summed E-state index contributed by atoms with van der Waals surface area (Å²) in [6.45, 7) is -0.380. The van der Waals surface area contributed by atoms with E-state index < -0.39 is 29.9 Å². The van der Waals surface area contributed by atoms with Crippen molar-refractivity contribution in [3.8, 4) is 0 Å². The molecule has 2 saturated carbocycles. The Balaban J connectivity index is 1.58. The average molecular weight is 348 g/mol. The van der Waals surface area contributed by atoms with Gasteiger partial charge in [0.25, 0.3) is 0 Å². The second kappa shape index (κ2) is 7.99. The topological polar surface area (TPSA) is 99.4 Å². The van der Waals surface area contributed by atoms with Gasteiger partial charge in [-0.15, -0.1) is 11.8 Å². The van der Waals surface area contributed by atoms with Gasteiger partial charge in [-0.25, -0.2) is 0 Å². The maximum absolute atomic E-state index is 10.2. The molecule has 3 fully saturated rings. The molecule has 0 bridgehead atoms. The van der Waals surface area contributed by atoms with Crippen molar-refractivity contribution in [2.24, 2.45) is 0 Å². The molecule has 134 valence electrons. The SMILES string of the molecule is OC[C@H]1O[C@@H](SC2CCCC2OC2CCCC2)[C@H](O)[C@@H](O)[C@H]1O. The van der Waals surface area contributed by atoms with Crippen LogP contribution in [0.3, 0.4) is 0 Å². The summed E-state index contributed by atoms with van der Waals surface area (Å²) in [5, 5.41) is 39.4. The van der Waals surface area contributed by atoms with Crippen molar-refractivity contribution >= 4 is 11.8 Å². The largest absolute Gasteiger partial charge is 0.394 e. The number of aliphatic hydroxyl groups is 4. The van der Waals surface area contributed by atoms with Gasteiger partial charge in [-0.1, -0.05) is 12.8 Å². The second-order valence-corrected chi connectivity index (χ2v) is 8.23. The lowest BCUT2D eigenvalue weighted by Crippen LogP contribution is -2.58. The molecular formula is C16H28O6S. The first kappa shape index (κ1) is 17.9. The Kier molecular flexibility index (Phi) is 6.23. The Morgan fingerprint density at radius 2 is 1.65 bits per heavy atom. The van der Waals surface area contributed by atoms with Gasteiger partial charge < -0.3 is 29.9 Å². The van der Waals surface area contributed by atoms with Crippen LogP contribution in [0.4, 0.5) is 0 Å². The molecule has 0 aromatic carbocycles. The number of aliphatic hydroxyl groups excluding tert-OH is 4. The number of hydrogen-bond acceptors (Lipinski definition) is 7. The van der Waals surface area contributed by atoms with E-state index in [9.17, 15) is 20.4 Å². The predicted molar refractivity (Wildman–Crippen MR) is 86.1 cm³/mol. The maximum Gasteiger partial charge on any atom is 0.132 e. The molecular weight excluding hydrogens is 320 g/mol. The first-order valence-corrected chi connectivity index (χ1v) is 9.66. The fourth-order valence-corrected chi connectivity index (χ4v) is 5.38. The summed E-state index contributed by atoms with van der Waals surface area (Å²) in [6, 6.07) is 0. The highest BCUT2D eigenvalue weighted by atomic mass is 32.2. The normalized spacial score (nSPS) is 45.7. The minimum atomic E-state index is -1.30. The van der Waals surface area contributed by atoms with Gasteiger partial charge in [-0.2, -0.15) is 0 Å². The fourth-order valence-electron chi connectivity index (χ4n) is 3.83. The van der Waals surface area contributed by atoms with Crippen LogP contribution in [0.2, 0.25) is 0 Å². The van der Waals surface area contributed by atoms with E-state index in [2.05, 4.69) is 0 Å². The lowest BCUT2D eigenvalue weighted by atomic mass is 10.0. The highest BCUT2D eigenvalue weighted by Crippen LogP contribution is 2.40. The van der Waals surface area contributed by atoms with Crippen molar-refractivity contribution in [2.75, 3.05) is 6.61 Å². The Morgan fingerprint density at radius 3 is 2.35 bits per heavy atom. The van der Waals surface area contributed by atoms with Crippen LogP contribution in [0.25, 0.3) is 0 Å². The Hall–Kier alpha value is 0.110. The van der Waals surface area contributed by atoms with E-state index in [1.54, 1.807) is 0 Å². The van der Waals surface area contributed by atoms with Crippen molar-refractivity contribution in [2.45, 2.75) is 92.3 Å². The quantitative estimate of drug-likeness (QED) is 0.571. The zero-order valence-corrected chi connectivity index (χ0v) is 14.1. The van der Waals surface area contributed by atoms with Gasteiger partial charge in [0.15, 0.2) is 0 Å². The number of thioether (sulfide) groups is 1. The summed E-state index contributed by atoms with van der Waals surface area (Å²) < 4.78 is 11.9. The lowest BCUT2D eigenvalue weighted by Gasteiger charge is -2.41. The first-order valence-electron chi connectivity index (χ1n) is 8.71. The number of ether oxygens (including phenoxy) is 2. The maximum atomic E-state index is 10.2. The molecule has 0 spiro atoms. The summed E-state index contributed by atoms with van der Waals surface area (Å²) in [5.74, 6) is 0. The minimum absolute atomic E-state index is 0.162. The van der Waals surface area contributed by atoms with Gasteiger partial charge in [0, 0.05) is 5.25 Å². The molecule has 23 heavy (non-hydrogen) atoms. The van der Waals surface area contributed by atoms with E-state index in [1.807, 2.05) is 0 Å². The molecule has 6 nitrogen and oxygen atoms in total. The second-order valence-electron chi connectivity index (χ2n) is 6.88. The molecule has 3 aliphatic rings. The highest BCUT2D eigenvalue weighted by Gasteiger charge is 2.45. The highest BCUT2D eigenvalue weighted by molar-refractivity contribution is 8.00. The smallest absolute Gasteiger partial charge is 0.132 e. The summed E-state index contributed by atoms with van der Waals surface area (Å²) in [4.78, 5) is 0. The molecule has 0 radical (unpaired) electrons. The summed E-state index contributed by atoms with van der Waals surface area (Å²) >= 11 is 1.47. The van der Waals surface area contributed by atoms with Gasteiger partial charge >= 0.3 is 0 Å². The van der Waals surface area contributed by atoms with Crippen molar-refractivity contribution < 1.29 is 29.9 Å². The average Bonchev–Trinajstić information content (AvgIpc) is 3.21. The molecule has 0 amide bonds. The van der Waals surface area contributed by atoms with Gasteiger partial charge in [0.05, 0.1) is 18.8 Å². The lowest BCUT2D eigenvalue weighted by molar-refractivity contribution is -0.205. The zero-order valence-electron chi connectivity index (χ0n) is 13.3. The van der Waals surface area contributed by atoms with Crippen molar-refractivity contribution in [1.29, 1.82) is 0 Å². The molecule has 2 aliphatic carbocycles. The molecule has 4 N–H and O–H groups in total. The van der Waals surface area contributed by atoms with Crippen LogP contribution in [0.15, 0.2) is 0 Å². The Bertz CT molecular complexity index is 376. The molecule has 2 unspecified atom stereocenters. The monoisotopic (exact) mass is 348 g/mol. The number of rotatable bonds is 5. The van der Waals surface area contributed by atoms with Crippen molar-refractivity contribution in [1.82, 2.24) is 0 Å². The van der Waals surface area contributed by atoms with E-state index in [4.69, 9.17) is 9.47 Å². The van der Waals surface area contributed by atoms with Gasteiger partial charge in [-0.3, -0.25) is 0 Å². The summed E-state index contributed by atoms with van der Waals surface area (Å²) in [6.07, 6.45) is 3.79. The third-order valence-electron chi connectivity index (χ3n) is 5.22. The van der Waals surface area contributed by atoms with Crippen LogP contribution in [0.1, 0.15) is 44.9 Å². The Morgan fingerprint density at radius 1 is 0.913 bits per heavy atom. The summed E-state index contributed by atoms with van der Waals surface area (Å²) in [7, 11) is 0. The first-order chi connectivity index (χ1) is 11.1. The molecule has 0 aromatic heterocycles. The van der Waals surface area contributed by atoms with E-state index >= 15 is 0 Å². The van der Waals surface area contributed by atoms with Gasteiger partial charge in [0.1, 0.15) is 29.9 Å². The van der Waals surface area contributed by atoms with Crippen LogP contribution in [0, 0.1) is 0 Å². The van der Waals surface area contributed by atoms with E-state index in [-0.39, 0.29) is 18.0 Å². The molecule has 0 aromatic rings. The van der Waals surface area contributed by atoms with Gasteiger partial charge in [0.2, 0.25) is 0 Å². The molecule has 1 heterocycles. The van der Waals surface area contributed by atoms with Crippen LogP contribution in [-0.2, 0) is 9.47 Å². The molecule has 3 rings (SSSR count). The molecule has 7 atom stereocenters. The fraction of sp³-hybridized carbons (Fsp3) is 1.00. The summed E-state index contributed by atoms with van der Waals surface area (Å²) in [5.41, 5.74) is -0.650. The molecule has 1 saturated heterocycles. The number of hydrogen-bond donors (Lipinski definition) is 4. The van der Waals surface area contributed by atoms with Crippen LogP contribution < -0.4 is 0 Å². The minimum Gasteiger partial charge on any atom is -0.394 e. The van der Waals surface area contributed by atoms with E-state index in [0.717, 1.165) is 32.1 Å². The van der Waals surface area contributed by atoms with Crippen molar-refractivity contribution in [3.05, 3.63) is 0 Å². The van der Waals surface area contributed by atoms with E-state index in [1.165, 1.54) is 24.6 Å².